The first-order chi connectivity index (χ1) is 14.5. The average Bonchev–Trinajstić information content (AvgIpc) is 3.16. The van der Waals surface area contributed by atoms with Crippen LogP contribution in [-0.4, -0.2) is 45.3 Å². The van der Waals surface area contributed by atoms with E-state index >= 15 is 0 Å². The summed E-state index contributed by atoms with van der Waals surface area (Å²) in [5.74, 6) is -0.106. The predicted molar refractivity (Wildman–Crippen MR) is 117 cm³/mol. The molecule has 0 atom stereocenters. The summed E-state index contributed by atoms with van der Waals surface area (Å²) >= 11 is 0. The Morgan fingerprint density at radius 1 is 1.27 bits per heavy atom. The number of carbonyl (C=O) groups is 1. The molecule has 0 aliphatic carbocycles. The number of aryl methyl sites for hydroxylation is 1. The van der Waals surface area contributed by atoms with Gasteiger partial charge in [-0.1, -0.05) is 17.3 Å². The molecule has 2 heterocycles. The van der Waals surface area contributed by atoms with Gasteiger partial charge in [0.25, 0.3) is 0 Å². The predicted octanol–water partition coefficient (Wildman–Crippen LogP) is 2.99. The van der Waals surface area contributed by atoms with Crippen LogP contribution >= 0.6 is 0 Å². The average molecular weight is 404 g/mol. The van der Waals surface area contributed by atoms with Crippen molar-refractivity contribution < 1.29 is 9.90 Å². The second kappa shape index (κ2) is 8.08. The molecule has 0 bridgehead atoms. The Labute approximate surface area is 174 Å². The fourth-order valence-electron chi connectivity index (χ4n) is 3.56. The van der Waals surface area contributed by atoms with Crippen LogP contribution in [0.1, 0.15) is 30.2 Å². The van der Waals surface area contributed by atoms with Gasteiger partial charge in [0.1, 0.15) is 0 Å². The van der Waals surface area contributed by atoms with Crippen LogP contribution in [0, 0.1) is 6.92 Å². The number of aliphatic hydroxyl groups excluding tert-OH is 1. The molecule has 0 unspecified atom stereocenters. The number of aliphatic imine (C=N–C) groups is 1. The van der Waals surface area contributed by atoms with E-state index in [9.17, 15) is 9.90 Å². The third-order valence-corrected chi connectivity index (χ3v) is 5.26. The number of benzene rings is 2. The fraction of sp³-hybridized carbons (Fsp3) is 0.273. The fourth-order valence-corrected chi connectivity index (χ4v) is 3.56. The molecule has 3 aromatic rings. The first-order valence-corrected chi connectivity index (χ1v) is 9.84. The molecular weight excluding hydrogens is 380 g/mol. The molecule has 2 aromatic carbocycles. The summed E-state index contributed by atoms with van der Waals surface area (Å²) < 4.78 is 1.58. The molecule has 4 rings (SSSR count). The summed E-state index contributed by atoms with van der Waals surface area (Å²) in [5.41, 5.74) is 6.45. The normalized spacial score (nSPS) is 13.3. The zero-order valence-electron chi connectivity index (χ0n) is 17.3. The van der Waals surface area contributed by atoms with Crippen molar-refractivity contribution in [2.45, 2.75) is 26.9 Å². The van der Waals surface area contributed by atoms with Gasteiger partial charge in [0.15, 0.2) is 0 Å². The number of hydrogen-bond acceptors (Lipinski definition) is 6. The maximum absolute atomic E-state index is 12.6. The van der Waals surface area contributed by atoms with Gasteiger partial charge in [-0.15, -0.1) is 5.10 Å². The third kappa shape index (κ3) is 3.69. The van der Waals surface area contributed by atoms with Crippen LogP contribution < -0.4 is 10.2 Å². The number of amides is 1. The Bertz CT molecular complexity index is 1130. The summed E-state index contributed by atoms with van der Waals surface area (Å²) in [5, 5.41) is 20.4. The highest BCUT2D eigenvalue weighted by Crippen LogP contribution is 2.35. The molecule has 0 fully saturated rings. The Morgan fingerprint density at radius 3 is 2.87 bits per heavy atom. The molecule has 1 aromatic heterocycles. The van der Waals surface area contributed by atoms with Gasteiger partial charge in [-0.05, 0) is 49.2 Å². The third-order valence-electron chi connectivity index (χ3n) is 5.26. The van der Waals surface area contributed by atoms with E-state index < -0.39 is 0 Å². The number of hydrogen-bond donors (Lipinski definition) is 2. The Hall–Kier alpha value is -3.52. The Morgan fingerprint density at radius 2 is 2.10 bits per heavy atom. The van der Waals surface area contributed by atoms with E-state index in [1.54, 1.807) is 4.68 Å². The van der Waals surface area contributed by atoms with Crippen molar-refractivity contribution in [3.05, 3.63) is 59.4 Å². The molecule has 8 nitrogen and oxygen atoms in total. The number of aliphatic hydroxyl groups is 1. The molecule has 2 N–H and O–H groups in total. The van der Waals surface area contributed by atoms with E-state index in [1.165, 1.54) is 6.20 Å². The molecule has 0 saturated carbocycles. The van der Waals surface area contributed by atoms with Crippen LogP contribution in [0.25, 0.3) is 5.69 Å². The SMILES string of the molecule is CCN(C)c1cc2c(cc1C)NC(=O)CC(c1cccc(-n3nncc3CO)c1)=N2. The lowest BCUT2D eigenvalue weighted by Gasteiger charge is -2.21. The molecule has 0 radical (unpaired) electrons. The first-order valence-electron chi connectivity index (χ1n) is 9.84. The van der Waals surface area contributed by atoms with Crippen LogP contribution in [-0.2, 0) is 11.4 Å². The number of fused-ring (bicyclic) bond motifs is 1. The van der Waals surface area contributed by atoms with Crippen molar-refractivity contribution in [2.75, 3.05) is 23.8 Å². The van der Waals surface area contributed by atoms with Crippen LogP contribution in [0.3, 0.4) is 0 Å². The van der Waals surface area contributed by atoms with E-state index in [-0.39, 0.29) is 18.9 Å². The van der Waals surface area contributed by atoms with Gasteiger partial charge >= 0.3 is 0 Å². The van der Waals surface area contributed by atoms with E-state index in [0.717, 1.165) is 40.4 Å². The molecule has 154 valence electrons. The van der Waals surface area contributed by atoms with Gasteiger partial charge in [0.05, 0.1) is 47.7 Å². The van der Waals surface area contributed by atoms with Crippen molar-refractivity contribution in [3.63, 3.8) is 0 Å². The van der Waals surface area contributed by atoms with Crippen LogP contribution in [0.15, 0.2) is 47.6 Å². The van der Waals surface area contributed by atoms with E-state index in [4.69, 9.17) is 4.99 Å². The van der Waals surface area contributed by atoms with Crippen molar-refractivity contribution in [3.8, 4) is 5.69 Å². The number of carbonyl (C=O) groups excluding carboxylic acids is 1. The van der Waals surface area contributed by atoms with Crippen LogP contribution in [0.4, 0.5) is 17.1 Å². The quantitative estimate of drug-likeness (QED) is 0.682. The minimum Gasteiger partial charge on any atom is -0.390 e. The zero-order chi connectivity index (χ0) is 21.3. The maximum atomic E-state index is 12.6. The summed E-state index contributed by atoms with van der Waals surface area (Å²) in [4.78, 5) is 19.6. The number of aromatic nitrogens is 3. The van der Waals surface area contributed by atoms with Crippen LogP contribution in [0.2, 0.25) is 0 Å². The lowest BCUT2D eigenvalue weighted by atomic mass is 10.1. The highest BCUT2D eigenvalue weighted by Gasteiger charge is 2.20. The van der Waals surface area contributed by atoms with Crippen molar-refractivity contribution >= 4 is 28.7 Å². The highest BCUT2D eigenvalue weighted by molar-refractivity contribution is 6.17. The molecule has 0 saturated heterocycles. The summed E-state index contributed by atoms with van der Waals surface area (Å²) in [6.45, 7) is 4.83. The number of anilines is 2. The molecule has 30 heavy (non-hydrogen) atoms. The van der Waals surface area contributed by atoms with Gasteiger partial charge in [-0.3, -0.25) is 9.79 Å². The van der Waals surface area contributed by atoms with Crippen LogP contribution in [0.5, 0.6) is 0 Å². The second-order valence-corrected chi connectivity index (χ2v) is 7.30. The second-order valence-electron chi connectivity index (χ2n) is 7.30. The molecule has 1 amide bonds. The smallest absolute Gasteiger partial charge is 0.230 e. The minimum atomic E-state index is -0.166. The summed E-state index contributed by atoms with van der Waals surface area (Å²) in [7, 11) is 2.04. The molecule has 1 aliphatic rings. The minimum absolute atomic E-state index is 0.106. The van der Waals surface area contributed by atoms with Crippen molar-refractivity contribution in [1.29, 1.82) is 0 Å². The standard InChI is InChI=1S/C22H24N6O2/c1-4-27(3)21-10-20-19(8-14(21)2)25-22(30)11-18(24-20)15-6-5-7-16(9-15)28-17(13-29)12-23-26-28/h5-10,12,29H,4,11,13H2,1-3H3,(H,25,30). The maximum Gasteiger partial charge on any atom is 0.230 e. The highest BCUT2D eigenvalue weighted by atomic mass is 16.3. The molecular formula is C22H24N6O2. The van der Waals surface area contributed by atoms with Crippen molar-refractivity contribution in [1.82, 2.24) is 15.0 Å². The van der Waals surface area contributed by atoms with E-state index in [0.29, 0.717) is 11.4 Å². The van der Waals surface area contributed by atoms with Crippen molar-refractivity contribution in [2.24, 2.45) is 4.99 Å². The van der Waals surface area contributed by atoms with Gasteiger partial charge < -0.3 is 15.3 Å². The lowest BCUT2D eigenvalue weighted by Crippen LogP contribution is -2.17. The monoisotopic (exact) mass is 404 g/mol. The summed E-state index contributed by atoms with van der Waals surface area (Å²) in [6, 6.07) is 11.6. The molecule has 8 heteroatoms. The van der Waals surface area contributed by atoms with E-state index in [1.807, 2.05) is 50.4 Å². The number of nitrogens with one attached hydrogen (secondary N) is 1. The zero-order valence-corrected chi connectivity index (χ0v) is 17.3. The number of nitrogens with zero attached hydrogens (tertiary/aromatic N) is 5. The molecule has 1 aliphatic heterocycles. The first kappa shape index (κ1) is 19.8. The van der Waals surface area contributed by atoms with Gasteiger partial charge in [-0.2, -0.15) is 0 Å². The topological polar surface area (TPSA) is 95.6 Å². The largest absolute Gasteiger partial charge is 0.390 e. The Balaban J connectivity index is 1.80. The van der Waals surface area contributed by atoms with Gasteiger partial charge in [0.2, 0.25) is 5.91 Å². The Kier molecular flexibility index (Phi) is 5.33. The summed E-state index contributed by atoms with van der Waals surface area (Å²) in [6.07, 6.45) is 1.69. The lowest BCUT2D eigenvalue weighted by molar-refractivity contribution is -0.115. The van der Waals surface area contributed by atoms with Gasteiger partial charge in [0, 0.05) is 19.3 Å². The van der Waals surface area contributed by atoms with E-state index in [2.05, 4.69) is 27.5 Å². The molecule has 0 spiro atoms. The van der Waals surface area contributed by atoms with Gasteiger partial charge in [-0.25, -0.2) is 4.68 Å². The number of rotatable bonds is 5.